The number of nitrogens with one attached hydrogen (secondary N) is 2. The summed E-state index contributed by atoms with van der Waals surface area (Å²) in [6, 6.07) is 6.74. The molecule has 1 aromatic heterocycles. The summed E-state index contributed by atoms with van der Waals surface area (Å²) in [7, 11) is 0. The lowest BCUT2D eigenvalue weighted by Gasteiger charge is -2.35. The Morgan fingerprint density at radius 2 is 1.82 bits per heavy atom. The van der Waals surface area contributed by atoms with Gasteiger partial charge in [-0.25, -0.2) is 4.98 Å². The summed E-state index contributed by atoms with van der Waals surface area (Å²) < 4.78 is 0. The first-order valence-electron chi connectivity index (χ1n) is 13.7. The van der Waals surface area contributed by atoms with Gasteiger partial charge < -0.3 is 25.7 Å². The lowest BCUT2D eigenvalue weighted by atomic mass is 9.85. The number of aromatic nitrogens is 1. The van der Waals surface area contributed by atoms with E-state index < -0.39 is 29.6 Å². The first-order chi connectivity index (χ1) is 18.5. The third kappa shape index (κ3) is 8.84. The largest absolute Gasteiger partial charge is 0.481 e. The molecule has 3 atom stereocenters. The molecule has 2 aromatic rings. The second-order valence-corrected chi connectivity index (χ2v) is 12.2. The van der Waals surface area contributed by atoms with Crippen LogP contribution >= 0.6 is 11.3 Å². The molecular weight excluding hydrogens is 516 g/mol. The van der Waals surface area contributed by atoms with Crippen molar-refractivity contribution in [1.82, 2.24) is 20.5 Å². The summed E-state index contributed by atoms with van der Waals surface area (Å²) in [5.74, 6) is -1.24. The molecule has 0 bridgehead atoms. The highest BCUT2D eigenvalue weighted by atomic mass is 32.1. The third-order valence-electron chi connectivity index (χ3n) is 7.07. The van der Waals surface area contributed by atoms with Gasteiger partial charge in [0.25, 0.3) is 0 Å². The molecule has 1 saturated heterocycles. The van der Waals surface area contributed by atoms with Crippen molar-refractivity contribution in [3.05, 3.63) is 41.0 Å². The van der Waals surface area contributed by atoms with Gasteiger partial charge in [-0.3, -0.25) is 14.4 Å². The zero-order chi connectivity index (χ0) is 28.6. The molecule has 1 fully saturated rings. The van der Waals surface area contributed by atoms with Gasteiger partial charge in [0, 0.05) is 25.9 Å². The predicted octanol–water partition coefficient (Wildman–Crippen LogP) is 3.74. The molecule has 0 saturated carbocycles. The summed E-state index contributed by atoms with van der Waals surface area (Å²) in [6.45, 7) is 9.00. The van der Waals surface area contributed by atoms with Crippen molar-refractivity contribution >= 4 is 29.1 Å². The van der Waals surface area contributed by atoms with E-state index in [1.54, 1.807) is 11.3 Å². The maximum Gasteiger partial charge on any atom is 0.303 e. The van der Waals surface area contributed by atoms with Gasteiger partial charge in [0.1, 0.15) is 6.04 Å². The Labute approximate surface area is 235 Å². The van der Waals surface area contributed by atoms with Crippen LogP contribution in [0.15, 0.2) is 29.8 Å². The number of β-amino-alcohol motifs (C(OH)–C–C–N with tert-alkyl or cyclic N) is 1. The third-order valence-corrected chi connectivity index (χ3v) is 8.05. The quantitative estimate of drug-likeness (QED) is 0.276. The molecule has 0 radical (unpaired) electrons. The van der Waals surface area contributed by atoms with Gasteiger partial charge in [0.15, 0.2) is 0 Å². The fourth-order valence-electron chi connectivity index (χ4n) is 4.90. The number of carbonyl (C=O) groups excluding carboxylic acids is 2. The average Bonchev–Trinajstić information content (AvgIpc) is 3.48. The van der Waals surface area contributed by atoms with Crippen molar-refractivity contribution in [2.75, 3.05) is 13.1 Å². The topological polar surface area (TPSA) is 132 Å². The molecule has 3 rings (SSSR count). The Morgan fingerprint density at radius 3 is 2.44 bits per heavy atom. The van der Waals surface area contributed by atoms with Crippen molar-refractivity contribution in [2.24, 2.45) is 5.41 Å². The molecule has 214 valence electrons. The number of aliphatic carboxylic acids is 1. The lowest BCUT2D eigenvalue weighted by Crippen LogP contribution is -2.56. The van der Waals surface area contributed by atoms with Gasteiger partial charge >= 0.3 is 5.97 Å². The first kappa shape index (κ1) is 30.7. The van der Waals surface area contributed by atoms with E-state index in [-0.39, 0.29) is 31.2 Å². The molecule has 9 nitrogen and oxygen atoms in total. The number of amides is 2. The minimum absolute atomic E-state index is 0.128. The smallest absolute Gasteiger partial charge is 0.303 e. The van der Waals surface area contributed by atoms with E-state index in [1.807, 2.05) is 57.5 Å². The Morgan fingerprint density at radius 1 is 1.13 bits per heavy atom. The van der Waals surface area contributed by atoms with E-state index in [0.29, 0.717) is 19.5 Å². The predicted molar refractivity (Wildman–Crippen MR) is 152 cm³/mol. The van der Waals surface area contributed by atoms with Crippen molar-refractivity contribution < 1.29 is 24.6 Å². The van der Waals surface area contributed by atoms with Crippen LogP contribution in [-0.2, 0) is 20.9 Å². The maximum absolute atomic E-state index is 13.6. The van der Waals surface area contributed by atoms with Crippen LogP contribution in [0.4, 0.5) is 0 Å². The van der Waals surface area contributed by atoms with Crippen LogP contribution in [0.5, 0.6) is 0 Å². The zero-order valence-electron chi connectivity index (χ0n) is 23.4. The number of nitrogens with zero attached hydrogens (tertiary/aromatic N) is 2. The number of hydrogen-bond acceptors (Lipinski definition) is 7. The number of unbranched alkanes of at least 4 members (excludes halogenated alkanes) is 3. The summed E-state index contributed by atoms with van der Waals surface area (Å²) in [5, 5.41) is 25.5. The summed E-state index contributed by atoms with van der Waals surface area (Å²) in [6.07, 6.45) is 2.82. The van der Waals surface area contributed by atoms with Crippen LogP contribution < -0.4 is 10.6 Å². The zero-order valence-corrected chi connectivity index (χ0v) is 24.2. The Kier molecular flexibility index (Phi) is 11.0. The van der Waals surface area contributed by atoms with E-state index >= 15 is 0 Å². The normalized spacial score (nSPS) is 18.2. The van der Waals surface area contributed by atoms with E-state index in [9.17, 15) is 19.5 Å². The van der Waals surface area contributed by atoms with E-state index in [2.05, 4.69) is 15.6 Å². The SMILES string of the molecule is Cc1ncsc1-c1ccc(CNC(=O)C2C[C@@H](O)CN2C(=O)C(NCCCCCCC(=O)O)C(C)(C)C)cc1. The number of benzene rings is 1. The highest BCUT2D eigenvalue weighted by Crippen LogP contribution is 2.28. The maximum atomic E-state index is 13.6. The molecule has 39 heavy (non-hydrogen) atoms. The second kappa shape index (κ2) is 14.0. The van der Waals surface area contributed by atoms with E-state index in [0.717, 1.165) is 41.0 Å². The molecule has 0 spiro atoms. The monoisotopic (exact) mass is 558 g/mol. The summed E-state index contributed by atoms with van der Waals surface area (Å²) in [5.41, 5.74) is 4.45. The summed E-state index contributed by atoms with van der Waals surface area (Å²) >= 11 is 1.59. The number of aliphatic hydroxyl groups excluding tert-OH is 1. The van der Waals surface area contributed by atoms with E-state index in [1.165, 1.54) is 4.90 Å². The number of rotatable bonds is 13. The van der Waals surface area contributed by atoms with Crippen molar-refractivity contribution in [3.63, 3.8) is 0 Å². The molecule has 2 amide bonds. The van der Waals surface area contributed by atoms with Gasteiger partial charge in [0.2, 0.25) is 11.8 Å². The molecule has 1 aromatic carbocycles. The van der Waals surface area contributed by atoms with Crippen LogP contribution in [0.25, 0.3) is 10.4 Å². The molecule has 1 aliphatic heterocycles. The highest BCUT2D eigenvalue weighted by Gasteiger charge is 2.43. The van der Waals surface area contributed by atoms with Crippen molar-refractivity contribution in [2.45, 2.75) is 91.0 Å². The average molecular weight is 559 g/mol. The Hall–Kier alpha value is -2.82. The van der Waals surface area contributed by atoms with Crippen LogP contribution in [-0.4, -0.2) is 69.2 Å². The number of likely N-dealkylation sites (tertiary alicyclic amines) is 1. The van der Waals surface area contributed by atoms with Crippen molar-refractivity contribution in [1.29, 1.82) is 0 Å². The van der Waals surface area contributed by atoms with Gasteiger partial charge in [-0.2, -0.15) is 0 Å². The highest BCUT2D eigenvalue weighted by molar-refractivity contribution is 7.13. The molecule has 10 heteroatoms. The Balaban J connectivity index is 1.56. The number of carbonyl (C=O) groups is 3. The van der Waals surface area contributed by atoms with Gasteiger partial charge in [-0.05, 0) is 42.9 Å². The lowest BCUT2D eigenvalue weighted by molar-refractivity contribution is -0.142. The standard InChI is InChI=1S/C29H42N4O5S/c1-19-25(39-18-32-19)21-12-10-20(11-13-21)16-31-27(37)23-15-22(34)17-33(23)28(38)26(29(2,3)4)30-14-8-6-5-7-9-24(35)36/h10-13,18,22-23,26,30,34H,5-9,14-17H2,1-4H3,(H,31,37)(H,35,36)/t22-,23?,26?/m1/s1. The van der Waals surface area contributed by atoms with Crippen LogP contribution in [0, 0.1) is 12.3 Å². The number of aliphatic hydroxyl groups is 1. The van der Waals surface area contributed by atoms with Gasteiger partial charge in [0.05, 0.1) is 28.2 Å². The number of aryl methyl sites for hydroxylation is 1. The fraction of sp³-hybridized carbons (Fsp3) is 0.586. The van der Waals surface area contributed by atoms with E-state index in [4.69, 9.17) is 5.11 Å². The molecule has 2 unspecified atom stereocenters. The van der Waals surface area contributed by atoms with Gasteiger partial charge in [-0.15, -0.1) is 11.3 Å². The van der Waals surface area contributed by atoms with Crippen LogP contribution in [0.3, 0.4) is 0 Å². The Bertz CT molecular complexity index is 1110. The number of hydrogen-bond donors (Lipinski definition) is 4. The molecule has 4 N–H and O–H groups in total. The molecule has 2 heterocycles. The molecule has 1 aliphatic rings. The van der Waals surface area contributed by atoms with Crippen LogP contribution in [0.1, 0.15) is 70.6 Å². The first-order valence-corrected chi connectivity index (χ1v) is 14.6. The minimum atomic E-state index is -0.780. The molecule has 0 aliphatic carbocycles. The number of carboxylic acid groups (broad SMARTS) is 1. The van der Waals surface area contributed by atoms with Crippen LogP contribution in [0.2, 0.25) is 0 Å². The summed E-state index contributed by atoms with van der Waals surface area (Å²) in [4.78, 5) is 44.4. The molecular formula is C29H42N4O5S. The second-order valence-electron chi connectivity index (χ2n) is 11.4. The number of carboxylic acids is 1. The minimum Gasteiger partial charge on any atom is -0.481 e. The number of thiazole rings is 1. The van der Waals surface area contributed by atoms with Crippen molar-refractivity contribution in [3.8, 4) is 10.4 Å². The fourth-order valence-corrected chi connectivity index (χ4v) is 5.71. The van der Waals surface area contributed by atoms with Gasteiger partial charge in [-0.1, -0.05) is 57.9 Å².